The van der Waals surface area contributed by atoms with Crippen LogP contribution in [0.15, 0.2) is 0 Å². The molecule has 16 heavy (non-hydrogen) atoms. The van der Waals surface area contributed by atoms with E-state index >= 15 is 0 Å². The van der Waals surface area contributed by atoms with Crippen LogP contribution in [0.4, 0.5) is 0 Å². The zero-order chi connectivity index (χ0) is 12.1. The van der Waals surface area contributed by atoms with Crippen LogP contribution in [-0.2, 0) is 23.9 Å². The molecule has 6 heteroatoms. The highest BCUT2D eigenvalue weighted by atomic mass is 16.7. The molecule has 3 atom stereocenters. The summed E-state index contributed by atoms with van der Waals surface area (Å²) in [5.41, 5.74) is -1.44. The summed E-state index contributed by atoms with van der Waals surface area (Å²) in [5.74, 6) is -0.989. The van der Waals surface area contributed by atoms with Crippen molar-refractivity contribution in [2.24, 2.45) is 5.92 Å². The fraction of sp³-hybridized carbons (Fsp3) is 0.800. The van der Waals surface area contributed by atoms with Gasteiger partial charge in [-0.1, -0.05) is 13.8 Å². The maximum Gasteiger partial charge on any atom is 0.351 e. The van der Waals surface area contributed by atoms with Gasteiger partial charge in [0.1, 0.15) is 12.2 Å². The number of nitrogens with zero attached hydrogens (tertiary/aromatic N) is 1. The Morgan fingerprint density at radius 1 is 1.56 bits per heavy atom. The van der Waals surface area contributed by atoms with Crippen molar-refractivity contribution in [3.8, 4) is 0 Å². The van der Waals surface area contributed by atoms with Crippen molar-refractivity contribution >= 4 is 11.9 Å². The molecule has 0 bridgehead atoms. The van der Waals surface area contributed by atoms with E-state index < -0.39 is 23.6 Å². The molecular weight excluding hydrogens is 214 g/mol. The van der Waals surface area contributed by atoms with Gasteiger partial charge in [0.05, 0.1) is 7.11 Å². The molecule has 0 saturated carbocycles. The number of carbonyl (C=O) groups excluding carboxylic acids is 2. The predicted octanol–water partition coefficient (Wildman–Crippen LogP) is -0.275. The Bertz CT molecular complexity index is 342. The number of rotatable bonds is 3. The molecule has 90 valence electrons. The average molecular weight is 229 g/mol. The van der Waals surface area contributed by atoms with Crippen LogP contribution < -0.4 is 0 Å². The highest BCUT2D eigenvalue weighted by Gasteiger charge is 2.79. The van der Waals surface area contributed by atoms with Gasteiger partial charge >= 0.3 is 5.97 Å². The number of likely N-dealkylation sites (N-methyl/N-ethyl adjacent to an activating group) is 1. The Morgan fingerprint density at radius 3 is 2.56 bits per heavy atom. The molecule has 0 spiro atoms. The van der Waals surface area contributed by atoms with Crippen LogP contribution in [0.5, 0.6) is 0 Å². The zero-order valence-electron chi connectivity index (χ0n) is 9.72. The molecule has 0 radical (unpaired) electrons. The summed E-state index contributed by atoms with van der Waals surface area (Å²) in [4.78, 5) is 28.3. The highest BCUT2D eigenvalue weighted by Crippen LogP contribution is 2.49. The quantitative estimate of drug-likeness (QED) is 0.288. The lowest BCUT2D eigenvalue weighted by atomic mass is 9.98. The van der Waals surface area contributed by atoms with E-state index in [-0.39, 0.29) is 12.0 Å². The van der Waals surface area contributed by atoms with Gasteiger partial charge in [-0.2, -0.15) is 0 Å². The summed E-state index contributed by atoms with van der Waals surface area (Å²) in [7, 11) is 2.79. The Balaban J connectivity index is 2.19. The van der Waals surface area contributed by atoms with Gasteiger partial charge in [-0.25, -0.2) is 9.86 Å². The lowest BCUT2D eigenvalue weighted by Crippen LogP contribution is -2.43. The standard InChI is InChI=1S/C10H15NO5/c1-5(2)6-7-10(16-7,9(13)15-6)8(12)11(3)14-4/h5-7H,1-4H3/t6-,7-,10+/m0/s1. The van der Waals surface area contributed by atoms with E-state index in [4.69, 9.17) is 14.3 Å². The van der Waals surface area contributed by atoms with Gasteiger partial charge in [-0.15, -0.1) is 0 Å². The van der Waals surface area contributed by atoms with Gasteiger partial charge in [0.25, 0.3) is 11.5 Å². The van der Waals surface area contributed by atoms with Crippen molar-refractivity contribution in [2.75, 3.05) is 14.2 Å². The van der Waals surface area contributed by atoms with E-state index in [1.165, 1.54) is 14.2 Å². The summed E-state index contributed by atoms with van der Waals surface area (Å²) >= 11 is 0. The Morgan fingerprint density at radius 2 is 2.19 bits per heavy atom. The molecule has 6 nitrogen and oxygen atoms in total. The molecule has 2 aliphatic rings. The number of cyclic esters (lactones) is 1. The van der Waals surface area contributed by atoms with Crippen LogP contribution in [-0.4, -0.2) is 48.9 Å². The van der Waals surface area contributed by atoms with Crippen LogP contribution >= 0.6 is 0 Å². The fourth-order valence-corrected chi connectivity index (χ4v) is 1.96. The van der Waals surface area contributed by atoms with Gasteiger partial charge in [-0.3, -0.25) is 9.63 Å². The first-order valence-corrected chi connectivity index (χ1v) is 5.16. The van der Waals surface area contributed by atoms with E-state index in [1.54, 1.807) is 0 Å². The molecule has 2 fully saturated rings. The Labute approximate surface area is 93.4 Å². The molecule has 2 aliphatic heterocycles. The zero-order valence-corrected chi connectivity index (χ0v) is 9.72. The molecule has 0 aliphatic carbocycles. The van der Waals surface area contributed by atoms with Crippen LogP contribution in [0.1, 0.15) is 13.8 Å². The Kier molecular flexibility index (Phi) is 2.43. The van der Waals surface area contributed by atoms with Crippen LogP contribution in [0.2, 0.25) is 0 Å². The van der Waals surface area contributed by atoms with Crippen molar-refractivity contribution in [3.63, 3.8) is 0 Å². The first-order valence-electron chi connectivity index (χ1n) is 5.16. The summed E-state index contributed by atoms with van der Waals surface area (Å²) < 4.78 is 10.4. The molecule has 0 aromatic rings. The molecule has 0 aromatic heterocycles. The Hall–Kier alpha value is -1.14. The van der Waals surface area contributed by atoms with Crippen molar-refractivity contribution in [1.82, 2.24) is 5.06 Å². The number of ether oxygens (including phenoxy) is 2. The number of carbonyl (C=O) groups is 2. The lowest BCUT2D eigenvalue weighted by molar-refractivity contribution is -0.181. The largest absolute Gasteiger partial charge is 0.457 e. The second kappa shape index (κ2) is 3.43. The smallest absolute Gasteiger partial charge is 0.351 e. The molecular formula is C10H15NO5. The number of hydrogen-bond acceptors (Lipinski definition) is 5. The first-order chi connectivity index (χ1) is 7.45. The van der Waals surface area contributed by atoms with Gasteiger partial charge in [0.15, 0.2) is 0 Å². The summed E-state index contributed by atoms with van der Waals surface area (Å²) in [5, 5.41) is 0.990. The second-order valence-electron chi connectivity index (χ2n) is 4.37. The van der Waals surface area contributed by atoms with Crippen LogP contribution in [0.25, 0.3) is 0 Å². The van der Waals surface area contributed by atoms with Crippen molar-refractivity contribution in [1.29, 1.82) is 0 Å². The molecule has 0 unspecified atom stereocenters. The number of hydroxylamine groups is 2. The van der Waals surface area contributed by atoms with Crippen LogP contribution in [0, 0.1) is 5.92 Å². The first kappa shape index (κ1) is 11.3. The number of esters is 1. The molecule has 0 aromatic carbocycles. The summed E-state index contributed by atoms with van der Waals surface area (Å²) in [6.07, 6.45) is -0.813. The third-order valence-corrected chi connectivity index (χ3v) is 3.04. The van der Waals surface area contributed by atoms with Gasteiger partial charge in [-0.05, 0) is 5.92 Å². The molecule has 2 saturated heterocycles. The van der Waals surface area contributed by atoms with E-state index in [0.29, 0.717) is 0 Å². The minimum absolute atomic E-state index is 0.124. The minimum Gasteiger partial charge on any atom is -0.457 e. The van der Waals surface area contributed by atoms with E-state index in [0.717, 1.165) is 5.06 Å². The minimum atomic E-state index is -1.44. The van der Waals surface area contributed by atoms with Crippen molar-refractivity contribution in [3.05, 3.63) is 0 Å². The topological polar surface area (TPSA) is 68.4 Å². The molecule has 0 N–H and O–H groups in total. The summed E-state index contributed by atoms with van der Waals surface area (Å²) in [6, 6.07) is 0. The van der Waals surface area contributed by atoms with Crippen molar-refractivity contribution < 1.29 is 23.9 Å². The number of amides is 1. The molecule has 2 rings (SSSR count). The SMILES string of the molecule is CON(C)C(=O)[C@]12O[C@H]1[C@H](C(C)C)OC2=O. The predicted molar refractivity (Wildman–Crippen MR) is 52.1 cm³/mol. The lowest BCUT2D eigenvalue weighted by Gasteiger charge is -2.16. The molecule has 1 amide bonds. The third kappa shape index (κ3) is 1.26. The second-order valence-corrected chi connectivity index (χ2v) is 4.37. The number of fused-ring (bicyclic) bond motifs is 1. The molecule has 2 heterocycles. The fourth-order valence-electron chi connectivity index (χ4n) is 1.96. The number of epoxide rings is 1. The number of hydrogen-bond donors (Lipinski definition) is 0. The van der Waals surface area contributed by atoms with Gasteiger partial charge in [0.2, 0.25) is 0 Å². The highest BCUT2D eigenvalue weighted by molar-refractivity contribution is 6.11. The average Bonchev–Trinajstić information content (AvgIpc) is 2.93. The third-order valence-electron chi connectivity index (χ3n) is 3.04. The normalized spacial score (nSPS) is 35.9. The van der Waals surface area contributed by atoms with E-state index in [9.17, 15) is 9.59 Å². The van der Waals surface area contributed by atoms with E-state index in [2.05, 4.69) is 0 Å². The van der Waals surface area contributed by atoms with Gasteiger partial charge < -0.3 is 9.47 Å². The van der Waals surface area contributed by atoms with Crippen molar-refractivity contribution in [2.45, 2.75) is 31.7 Å². The van der Waals surface area contributed by atoms with Gasteiger partial charge in [0, 0.05) is 7.05 Å². The monoisotopic (exact) mass is 229 g/mol. The van der Waals surface area contributed by atoms with E-state index in [1.807, 2.05) is 13.8 Å². The maximum absolute atomic E-state index is 11.9. The maximum atomic E-state index is 11.9. The van der Waals surface area contributed by atoms with Crippen LogP contribution in [0.3, 0.4) is 0 Å². The summed E-state index contributed by atoms with van der Waals surface area (Å²) in [6.45, 7) is 3.83.